The number of anilines is 1. The van der Waals surface area contributed by atoms with Crippen LogP contribution >= 0.6 is 0 Å². The summed E-state index contributed by atoms with van der Waals surface area (Å²) in [6, 6.07) is 10.2. The summed E-state index contributed by atoms with van der Waals surface area (Å²) in [5, 5.41) is 25.0. The Bertz CT molecular complexity index is 1080. The van der Waals surface area contributed by atoms with Gasteiger partial charge in [0.1, 0.15) is 17.7 Å². The van der Waals surface area contributed by atoms with E-state index in [0.717, 1.165) is 16.7 Å². The molecule has 2 aromatic carbocycles. The SMILES string of the molecule is Cc1ccccc1NC(=O)C(c1cccc(C)c1C)N(CCO)C(=O)C(CO)NC(=O)OC(C)(C)C. The average Bonchev–Trinajstić information content (AvgIpc) is 2.79. The van der Waals surface area contributed by atoms with Crippen molar-refractivity contribution in [1.82, 2.24) is 10.2 Å². The van der Waals surface area contributed by atoms with Gasteiger partial charge in [-0.15, -0.1) is 0 Å². The second kappa shape index (κ2) is 12.5. The van der Waals surface area contributed by atoms with Crippen molar-refractivity contribution < 1.29 is 29.3 Å². The van der Waals surface area contributed by atoms with E-state index in [1.807, 2.05) is 39.0 Å². The zero-order valence-electron chi connectivity index (χ0n) is 21.8. The Morgan fingerprint density at radius 1 is 0.972 bits per heavy atom. The van der Waals surface area contributed by atoms with Crippen LogP contribution in [0.4, 0.5) is 10.5 Å². The van der Waals surface area contributed by atoms with E-state index in [1.54, 1.807) is 45.0 Å². The van der Waals surface area contributed by atoms with Crippen molar-refractivity contribution in [2.75, 3.05) is 25.1 Å². The molecule has 0 heterocycles. The first-order chi connectivity index (χ1) is 16.9. The van der Waals surface area contributed by atoms with E-state index in [9.17, 15) is 24.6 Å². The summed E-state index contributed by atoms with van der Waals surface area (Å²) in [5.41, 5.74) is 2.90. The highest BCUT2D eigenvalue weighted by molar-refractivity contribution is 5.99. The molecule has 0 spiro atoms. The molecular formula is C27H37N3O6. The predicted molar refractivity (Wildman–Crippen MR) is 138 cm³/mol. The number of aliphatic hydroxyl groups excluding tert-OH is 2. The van der Waals surface area contributed by atoms with Crippen LogP contribution in [0.2, 0.25) is 0 Å². The number of alkyl carbamates (subject to hydrolysis) is 1. The van der Waals surface area contributed by atoms with Crippen LogP contribution in [0.1, 0.15) is 49.1 Å². The molecule has 2 aromatic rings. The minimum atomic E-state index is -1.38. The molecule has 4 N–H and O–H groups in total. The fraction of sp³-hybridized carbons (Fsp3) is 0.444. The van der Waals surface area contributed by atoms with Gasteiger partial charge in [0.25, 0.3) is 5.91 Å². The Morgan fingerprint density at radius 3 is 2.19 bits per heavy atom. The second-order valence-corrected chi connectivity index (χ2v) is 9.63. The lowest BCUT2D eigenvalue weighted by atomic mass is 9.95. The van der Waals surface area contributed by atoms with Crippen LogP contribution in [0, 0.1) is 20.8 Å². The Kier molecular flexibility index (Phi) is 10.0. The zero-order valence-corrected chi connectivity index (χ0v) is 21.8. The van der Waals surface area contributed by atoms with Crippen molar-refractivity contribution in [1.29, 1.82) is 0 Å². The van der Waals surface area contributed by atoms with Gasteiger partial charge in [-0.05, 0) is 69.9 Å². The molecule has 0 aromatic heterocycles. The lowest BCUT2D eigenvalue weighted by molar-refractivity contribution is -0.142. The molecule has 2 rings (SSSR count). The number of hydrogen-bond acceptors (Lipinski definition) is 6. The third-order valence-corrected chi connectivity index (χ3v) is 5.70. The summed E-state index contributed by atoms with van der Waals surface area (Å²) in [6.07, 6.45) is -0.883. The normalized spacial score (nSPS) is 12.9. The van der Waals surface area contributed by atoms with Crippen LogP contribution in [0.3, 0.4) is 0 Å². The van der Waals surface area contributed by atoms with Gasteiger partial charge in [0.05, 0.1) is 13.2 Å². The summed E-state index contributed by atoms with van der Waals surface area (Å²) in [7, 11) is 0. The average molecular weight is 500 g/mol. The predicted octanol–water partition coefficient (Wildman–Crippen LogP) is 3.00. The summed E-state index contributed by atoms with van der Waals surface area (Å²) in [4.78, 5) is 40.8. The Morgan fingerprint density at radius 2 is 1.61 bits per heavy atom. The number of ether oxygens (including phenoxy) is 1. The molecule has 0 saturated heterocycles. The lowest BCUT2D eigenvalue weighted by Crippen LogP contribution is -2.54. The third-order valence-electron chi connectivity index (χ3n) is 5.70. The second-order valence-electron chi connectivity index (χ2n) is 9.63. The molecule has 0 saturated carbocycles. The molecular weight excluding hydrogens is 462 g/mol. The van der Waals surface area contributed by atoms with Crippen molar-refractivity contribution in [3.05, 3.63) is 64.7 Å². The zero-order chi connectivity index (χ0) is 27.0. The molecule has 196 valence electrons. The van der Waals surface area contributed by atoms with Gasteiger partial charge in [-0.25, -0.2) is 4.79 Å². The van der Waals surface area contributed by atoms with E-state index >= 15 is 0 Å². The molecule has 2 unspecified atom stereocenters. The number of benzene rings is 2. The molecule has 36 heavy (non-hydrogen) atoms. The van der Waals surface area contributed by atoms with Crippen LogP contribution in [0.5, 0.6) is 0 Å². The van der Waals surface area contributed by atoms with Crippen molar-refractivity contribution in [2.45, 2.75) is 59.2 Å². The number of hydrogen-bond donors (Lipinski definition) is 4. The molecule has 2 atom stereocenters. The molecule has 0 bridgehead atoms. The van der Waals surface area contributed by atoms with E-state index in [2.05, 4.69) is 10.6 Å². The first-order valence-corrected chi connectivity index (χ1v) is 11.8. The summed E-state index contributed by atoms with van der Waals surface area (Å²) in [6.45, 7) is 9.26. The van der Waals surface area contributed by atoms with Crippen LogP contribution < -0.4 is 10.6 Å². The fourth-order valence-electron chi connectivity index (χ4n) is 3.74. The summed E-state index contributed by atoms with van der Waals surface area (Å²) < 4.78 is 5.22. The number of nitrogens with one attached hydrogen (secondary N) is 2. The molecule has 9 heteroatoms. The summed E-state index contributed by atoms with van der Waals surface area (Å²) >= 11 is 0. The van der Waals surface area contributed by atoms with Crippen molar-refractivity contribution >= 4 is 23.6 Å². The first kappa shape index (κ1) is 28.8. The van der Waals surface area contributed by atoms with E-state index in [0.29, 0.717) is 11.3 Å². The van der Waals surface area contributed by atoms with Crippen LogP contribution in [0.25, 0.3) is 0 Å². The van der Waals surface area contributed by atoms with Crippen molar-refractivity contribution in [3.8, 4) is 0 Å². The number of nitrogens with zero attached hydrogens (tertiary/aromatic N) is 1. The number of rotatable bonds is 9. The number of amides is 3. The van der Waals surface area contributed by atoms with Gasteiger partial charge in [0, 0.05) is 12.2 Å². The third kappa shape index (κ3) is 7.53. The van der Waals surface area contributed by atoms with Crippen LogP contribution in [0.15, 0.2) is 42.5 Å². The standard InChI is InChI=1S/C27H37N3O6/c1-17-11-9-12-20(19(17)3)23(24(33)28-21-13-8-7-10-18(21)2)30(14-15-31)25(34)22(16-32)29-26(35)36-27(4,5)6/h7-13,22-23,31-32H,14-16H2,1-6H3,(H,28,33)(H,29,35). The molecule has 9 nitrogen and oxygen atoms in total. The van der Waals surface area contributed by atoms with Gasteiger partial charge in [-0.1, -0.05) is 36.4 Å². The van der Waals surface area contributed by atoms with Gasteiger partial charge in [0.2, 0.25) is 5.91 Å². The van der Waals surface area contributed by atoms with E-state index < -0.39 is 48.8 Å². The Labute approximate surface area is 212 Å². The Balaban J connectivity index is 2.51. The Hall–Kier alpha value is -3.43. The highest BCUT2D eigenvalue weighted by atomic mass is 16.6. The van der Waals surface area contributed by atoms with E-state index in [1.165, 1.54) is 4.90 Å². The topological polar surface area (TPSA) is 128 Å². The highest BCUT2D eigenvalue weighted by Crippen LogP contribution is 2.29. The number of para-hydroxylation sites is 1. The van der Waals surface area contributed by atoms with Crippen LogP contribution in [-0.4, -0.2) is 64.4 Å². The molecule has 0 radical (unpaired) electrons. The summed E-state index contributed by atoms with van der Waals surface area (Å²) in [5.74, 6) is -1.22. The quantitative estimate of drug-likeness (QED) is 0.420. The number of carbonyl (C=O) groups is 3. The van der Waals surface area contributed by atoms with Gasteiger partial charge in [-0.3, -0.25) is 9.59 Å². The van der Waals surface area contributed by atoms with Crippen molar-refractivity contribution in [3.63, 3.8) is 0 Å². The lowest BCUT2D eigenvalue weighted by Gasteiger charge is -2.34. The van der Waals surface area contributed by atoms with Gasteiger partial charge < -0.3 is 30.5 Å². The maximum atomic E-state index is 13.7. The first-order valence-electron chi connectivity index (χ1n) is 11.8. The molecule has 3 amide bonds. The van der Waals surface area contributed by atoms with Gasteiger partial charge in [0.15, 0.2) is 0 Å². The largest absolute Gasteiger partial charge is 0.444 e. The monoisotopic (exact) mass is 499 g/mol. The molecule has 0 aliphatic carbocycles. The molecule has 0 aliphatic heterocycles. The van der Waals surface area contributed by atoms with Gasteiger partial charge >= 0.3 is 6.09 Å². The highest BCUT2D eigenvalue weighted by Gasteiger charge is 2.37. The molecule has 0 fully saturated rings. The smallest absolute Gasteiger partial charge is 0.408 e. The fourth-order valence-corrected chi connectivity index (χ4v) is 3.74. The minimum absolute atomic E-state index is 0.204. The number of aryl methyl sites for hydroxylation is 2. The maximum Gasteiger partial charge on any atom is 0.408 e. The minimum Gasteiger partial charge on any atom is -0.444 e. The van der Waals surface area contributed by atoms with Crippen molar-refractivity contribution in [2.24, 2.45) is 0 Å². The van der Waals surface area contributed by atoms with Crippen LogP contribution in [-0.2, 0) is 14.3 Å². The molecule has 0 aliphatic rings. The number of aliphatic hydroxyl groups is 2. The van der Waals surface area contributed by atoms with E-state index in [4.69, 9.17) is 4.74 Å². The maximum absolute atomic E-state index is 13.7. The number of carbonyl (C=O) groups excluding carboxylic acids is 3. The van der Waals surface area contributed by atoms with Gasteiger partial charge in [-0.2, -0.15) is 0 Å². The van der Waals surface area contributed by atoms with E-state index in [-0.39, 0.29) is 6.54 Å².